The molecular formula is C23H24N4O3S2. The van der Waals surface area contributed by atoms with Crippen molar-refractivity contribution in [1.82, 2.24) is 13.7 Å². The van der Waals surface area contributed by atoms with Crippen LogP contribution in [0.2, 0.25) is 0 Å². The van der Waals surface area contributed by atoms with E-state index in [0.29, 0.717) is 29.9 Å². The number of amides is 1. The Morgan fingerprint density at radius 1 is 1.12 bits per heavy atom. The van der Waals surface area contributed by atoms with Crippen LogP contribution >= 0.6 is 11.3 Å². The van der Waals surface area contributed by atoms with Gasteiger partial charge in [-0.15, -0.1) is 11.3 Å². The molecule has 0 aliphatic heterocycles. The van der Waals surface area contributed by atoms with Crippen LogP contribution in [0.15, 0.2) is 65.1 Å². The minimum Gasteiger partial charge on any atom is -0.322 e. The number of nitrogens with zero attached hydrogens (tertiary/aromatic N) is 3. The molecule has 0 aliphatic carbocycles. The Balaban J connectivity index is 1.55. The minimum atomic E-state index is -3.64. The molecule has 2 aromatic carbocycles. The molecule has 0 unspecified atom stereocenters. The molecule has 7 nitrogen and oxygen atoms in total. The molecule has 0 bridgehead atoms. The molecule has 0 saturated heterocycles. The molecule has 0 saturated carbocycles. The third-order valence-corrected chi connectivity index (χ3v) is 8.15. The number of aromatic nitrogens is 2. The van der Waals surface area contributed by atoms with Gasteiger partial charge >= 0.3 is 0 Å². The maximum Gasteiger partial charge on any atom is 0.255 e. The maximum atomic E-state index is 12.9. The molecule has 0 spiro atoms. The predicted octanol–water partition coefficient (Wildman–Crippen LogP) is 4.65. The number of imidazole rings is 1. The van der Waals surface area contributed by atoms with Crippen LogP contribution in [0.25, 0.3) is 16.2 Å². The van der Waals surface area contributed by atoms with E-state index in [4.69, 9.17) is 0 Å². The largest absolute Gasteiger partial charge is 0.322 e. The van der Waals surface area contributed by atoms with Gasteiger partial charge in [-0.3, -0.25) is 9.20 Å². The number of aryl methyl sites for hydroxylation is 1. The normalized spacial score (nSPS) is 11.9. The molecule has 4 aromatic rings. The van der Waals surface area contributed by atoms with E-state index in [1.165, 1.54) is 10.4 Å². The number of hydrogen-bond acceptors (Lipinski definition) is 5. The summed E-state index contributed by atoms with van der Waals surface area (Å²) >= 11 is 1.57. The Morgan fingerprint density at radius 2 is 1.84 bits per heavy atom. The molecule has 166 valence electrons. The molecule has 0 fully saturated rings. The van der Waals surface area contributed by atoms with Crippen molar-refractivity contribution in [3.05, 3.63) is 71.4 Å². The number of sulfonamides is 1. The SMILES string of the molecule is CCN(CC)S(=O)(=O)c1ccc(C)c(C(=O)Nc2ccc(-c3cn4ccsc4n3)cc2)c1. The number of fused-ring (bicyclic) bond motifs is 1. The van der Waals surface area contributed by atoms with Gasteiger partial charge in [0.25, 0.3) is 5.91 Å². The van der Waals surface area contributed by atoms with E-state index in [9.17, 15) is 13.2 Å². The van der Waals surface area contributed by atoms with Crippen LogP contribution in [0.5, 0.6) is 0 Å². The van der Waals surface area contributed by atoms with E-state index in [0.717, 1.165) is 16.2 Å². The van der Waals surface area contributed by atoms with Crippen molar-refractivity contribution in [2.24, 2.45) is 0 Å². The monoisotopic (exact) mass is 468 g/mol. The summed E-state index contributed by atoms with van der Waals surface area (Å²) < 4.78 is 29.0. The Labute approximate surface area is 191 Å². The Kier molecular flexibility index (Phi) is 6.14. The zero-order valence-corrected chi connectivity index (χ0v) is 19.7. The summed E-state index contributed by atoms with van der Waals surface area (Å²) in [5, 5.41) is 4.85. The molecular weight excluding hydrogens is 444 g/mol. The Bertz CT molecular complexity index is 1340. The lowest BCUT2D eigenvalue weighted by Crippen LogP contribution is -2.30. The number of carbonyl (C=O) groups excluding carboxylic acids is 1. The third-order valence-electron chi connectivity index (χ3n) is 5.33. The van der Waals surface area contributed by atoms with Crippen molar-refractivity contribution in [2.75, 3.05) is 18.4 Å². The summed E-state index contributed by atoms with van der Waals surface area (Å²) in [4.78, 5) is 18.6. The van der Waals surface area contributed by atoms with E-state index in [-0.39, 0.29) is 10.8 Å². The number of hydrogen-bond donors (Lipinski definition) is 1. The first-order valence-electron chi connectivity index (χ1n) is 10.3. The van der Waals surface area contributed by atoms with Gasteiger partial charge in [0.2, 0.25) is 10.0 Å². The average Bonchev–Trinajstić information content (AvgIpc) is 3.37. The highest BCUT2D eigenvalue weighted by Gasteiger charge is 2.23. The zero-order chi connectivity index (χ0) is 22.9. The number of thiazole rings is 1. The Morgan fingerprint density at radius 3 is 2.50 bits per heavy atom. The molecule has 0 atom stereocenters. The highest BCUT2D eigenvalue weighted by atomic mass is 32.2. The van der Waals surface area contributed by atoms with E-state index in [2.05, 4.69) is 10.3 Å². The summed E-state index contributed by atoms with van der Waals surface area (Å²) in [6, 6.07) is 12.1. The lowest BCUT2D eigenvalue weighted by atomic mass is 10.1. The fourth-order valence-electron chi connectivity index (χ4n) is 3.51. The summed E-state index contributed by atoms with van der Waals surface area (Å²) in [6.07, 6.45) is 3.92. The van der Waals surface area contributed by atoms with Crippen LogP contribution < -0.4 is 5.32 Å². The van der Waals surface area contributed by atoms with E-state index in [1.54, 1.807) is 44.2 Å². The van der Waals surface area contributed by atoms with Crippen LogP contribution in [0, 0.1) is 6.92 Å². The molecule has 32 heavy (non-hydrogen) atoms. The zero-order valence-electron chi connectivity index (χ0n) is 18.1. The molecule has 9 heteroatoms. The number of carbonyl (C=O) groups is 1. The highest BCUT2D eigenvalue weighted by Crippen LogP contribution is 2.24. The van der Waals surface area contributed by atoms with E-state index < -0.39 is 10.0 Å². The van der Waals surface area contributed by atoms with Crippen LogP contribution in [0.4, 0.5) is 5.69 Å². The molecule has 1 amide bonds. The van der Waals surface area contributed by atoms with Gasteiger partial charge < -0.3 is 5.32 Å². The van der Waals surface area contributed by atoms with Gasteiger partial charge in [-0.05, 0) is 36.8 Å². The van der Waals surface area contributed by atoms with Gasteiger partial charge in [0.05, 0.1) is 10.6 Å². The maximum absolute atomic E-state index is 12.9. The lowest BCUT2D eigenvalue weighted by molar-refractivity contribution is 0.102. The first-order valence-corrected chi connectivity index (χ1v) is 12.6. The van der Waals surface area contributed by atoms with Crippen molar-refractivity contribution in [3.8, 4) is 11.3 Å². The fourth-order valence-corrected chi connectivity index (χ4v) is 5.69. The second-order valence-electron chi connectivity index (χ2n) is 7.32. The highest BCUT2D eigenvalue weighted by molar-refractivity contribution is 7.89. The summed E-state index contributed by atoms with van der Waals surface area (Å²) in [7, 11) is -3.64. The van der Waals surface area contributed by atoms with Crippen molar-refractivity contribution in [3.63, 3.8) is 0 Å². The third kappa shape index (κ3) is 4.19. The number of benzene rings is 2. The van der Waals surface area contributed by atoms with Gasteiger partial charge in [0.15, 0.2) is 4.96 Å². The lowest BCUT2D eigenvalue weighted by Gasteiger charge is -2.19. The molecule has 4 rings (SSSR count). The molecule has 0 radical (unpaired) electrons. The van der Waals surface area contributed by atoms with Gasteiger partial charge in [-0.1, -0.05) is 32.0 Å². The van der Waals surface area contributed by atoms with E-state index >= 15 is 0 Å². The Hall–Kier alpha value is -3.01. The summed E-state index contributed by atoms with van der Waals surface area (Å²) in [5.41, 5.74) is 3.46. The standard InChI is InChI=1S/C23H24N4O3S2/c1-4-27(5-2)32(29,30)19-11-6-16(3)20(14-19)22(28)24-18-9-7-17(8-10-18)21-15-26-12-13-31-23(26)25-21/h6-15H,4-5H2,1-3H3,(H,24,28). The molecule has 2 aromatic heterocycles. The van der Waals surface area contributed by atoms with Crippen LogP contribution in [-0.2, 0) is 10.0 Å². The second kappa shape index (κ2) is 8.85. The van der Waals surface area contributed by atoms with Crippen molar-refractivity contribution < 1.29 is 13.2 Å². The van der Waals surface area contributed by atoms with Crippen molar-refractivity contribution in [2.45, 2.75) is 25.7 Å². The summed E-state index contributed by atoms with van der Waals surface area (Å²) in [5.74, 6) is -0.352. The van der Waals surface area contributed by atoms with Gasteiger partial charge in [-0.25, -0.2) is 13.4 Å². The predicted molar refractivity (Wildman–Crippen MR) is 128 cm³/mol. The summed E-state index contributed by atoms with van der Waals surface area (Å²) in [6.45, 7) is 6.11. The van der Waals surface area contributed by atoms with Crippen molar-refractivity contribution in [1.29, 1.82) is 0 Å². The number of nitrogens with one attached hydrogen (secondary N) is 1. The average molecular weight is 469 g/mol. The second-order valence-corrected chi connectivity index (χ2v) is 10.1. The number of rotatable bonds is 7. The van der Waals surface area contributed by atoms with Gasteiger partial charge in [0, 0.05) is 47.7 Å². The topological polar surface area (TPSA) is 83.8 Å². The molecule has 1 N–H and O–H groups in total. The first kappa shape index (κ1) is 22.2. The smallest absolute Gasteiger partial charge is 0.255 e. The molecule has 2 heterocycles. The van der Waals surface area contributed by atoms with Gasteiger partial charge in [-0.2, -0.15) is 4.31 Å². The van der Waals surface area contributed by atoms with E-state index in [1.807, 2.05) is 46.4 Å². The quantitative estimate of drug-likeness (QED) is 0.428. The van der Waals surface area contributed by atoms with Crippen LogP contribution in [0.1, 0.15) is 29.8 Å². The molecule has 0 aliphatic rings. The van der Waals surface area contributed by atoms with Crippen molar-refractivity contribution >= 4 is 37.9 Å². The van der Waals surface area contributed by atoms with Crippen LogP contribution in [-0.4, -0.2) is 41.1 Å². The minimum absolute atomic E-state index is 0.118. The van der Waals surface area contributed by atoms with Crippen LogP contribution in [0.3, 0.4) is 0 Å². The fraction of sp³-hybridized carbons (Fsp3) is 0.217. The first-order chi connectivity index (χ1) is 15.3. The number of anilines is 1. The van der Waals surface area contributed by atoms with Gasteiger partial charge in [0.1, 0.15) is 0 Å².